The fourth-order valence-electron chi connectivity index (χ4n) is 2.24. The molecule has 15 heavy (non-hydrogen) atoms. The number of hydrogen-bond acceptors (Lipinski definition) is 3. The molecular formula is C11H14IN3. The zero-order valence-corrected chi connectivity index (χ0v) is 10.7. The van der Waals surface area contributed by atoms with Gasteiger partial charge in [-0.15, -0.1) is 0 Å². The van der Waals surface area contributed by atoms with Gasteiger partial charge in [-0.25, -0.2) is 9.97 Å². The fraction of sp³-hybridized carbons (Fsp3) is 0.636. The van der Waals surface area contributed by atoms with E-state index in [9.17, 15) is 0 Å². The Kier molecular flexibility index (Phi) is 2.34. The van der Waals surface area contributed by atoms with E-state index >= 15 is 0 Å². The molecule has 3 rings (SSSR count). The molecule has 0 amide bonds. The molecule has 0 aliphatic heterocycles. The summed E-state index contributed by atoms with van der Waals surface area (Å²) in [5.41, 5.74) is 0.617. The number of aromatic nitrogens is 2. The topological polar surface area (TPSA) is 37.8 Å². The molecule has 0 unspecified atom stereocenters. The van der Waals surface area contributed by atoms with Crippen molar-refractivity contribution in [3.8, 4) is 0 Å². The van der Waals surface area contributed by atoms with Crippen molar-refractivity contribution in [2.24, 2.45) is 11.3 Å². The van der Waals surface area contributed by atoms with Crippen LogP contribution in [0.5, 0.6) is 0 Å². The van der Waals surface area contributed by atoms with Crippen LogP contribution in [0.3, 0.4) is 0 Å². The third-order valence-corrected chi connectivity index (χ3v) is 4.11. The maximum atomic E-state index is 4.26. The van der Waals surface area contributed by atoms with E-state index < -0.39 is 0 Å². The summed E-state index contributed by atoms with van der Waals surface area (Å²) in [6.45, 7) is 1.07. The summed E-state index contributed by atoms with van der Waals surface area (Å²) in [6.07, 6.45) is 9.38. The van der Waals surface area contributed by atoms with Crippen LogP contribution in [0, 0.1) is 14.9 Å². The molecule has 1 aromatic rings. The van der Waals surface area contributed by atoms with Crippen LogP contribution in [-0.4, -0.2) is 16.5 Å². The summed E-state index contributed by atoms with van der Waals surface area (Å²) in [6, 6.07) is 0. The molecule has 1 aromatic heterocycles. The van der Waals surface area contributed by atoms with Crippen molar-refractivity contribution < 1.29 is 0 Å². The first-order valence-corrected chi connectivity index (χ1v) is 6.58. The van der Waals surface area contributed by atoms with E-state index in [1.165, 1.54) is 25.7 Å². The van der Waals surface area contributed by atoms with Gasteiger partial charge in [0.05, 0.1) is 0 Å². The smallest absolute Gasteiger partial charge is 0.222 e. The van der Waals surface area contributed by atoms with Gasteiger partial charge >= 0.3 is 0 Å². The van der Waals surface area contributed by atoms with Gasteiger partial charge in [0.2, 0.25) is 5.95 Å². The largest absolute Gasteiger partial charge is 0.354 e. The van der Waals surface area contributed by atoms with E-state index in [1.807, 2.05) is 12.4 Å². The van der Waals surface area contributed by atoms with Crippen molar-refractivity contribution in [1.29, 1.82) is 0 Å². The molecule has 80 valence electrons. The van der Waals surface area contributed by atoms with Gasteiger partial charge in [0.15, 0.2) is 0 Å². The number of nitrogens with zero attached hydrogens (tertiary/aromatic N) is 2. The molecule has 0 aromatic carbocycles. The normalized spacial score (nSPS) is 22.5. The van der Waals surface area contributed by atoms with Gasteiger partial charge < -0.3 is 5.32 Å². The molecule has 2 aliphatic rings. The first kappa shape index (κ1) is 9.81. The van der Waals surface area contributed by atoms with E-state index in [2.05, 4.69) is 37.9 Å². The Hall–Kier alpha value is -0.390. The Morgan fingerprint density at radius 1 is 1.33 bits per heavy atom. The highest BCUT2D eigenvalue weighted by molar-refractivity contribution is 14.1. The van der Waals surface area contributed by atoms with E-state index in [1.54, 1.807) is 0 Å². The summed E-state index contributed by atoms with van der Waals surface area (Å²) in [5, 5.41) is 3.37. The third kappa shape index (κ3) is 2.09. The average molecular weight is 315 g/mol. The summed E-state index contributed by atoms with van der Waals surface area (Å²) < 4.78 is 1.08. The molecule has 3 nitrogen and oxygen atoms in total. The Labute approximate surface area is 103 Å². The van der Waals surface area contributed by atoms with Crippen molar-refractivity contribution in [2.75, 3.05) is 11.9 Å². The lowest BCUT2D eigenvalue weighted by molar-refractivity contribution is 0.465. The van der Waals surface area contributed by atoms with Crippen molar-refractivity contribution >= 4 is 28.5 Å². The SMILES string of the molecule is Ic1cnc(NCC2(C3CC3)CC2)nc1. The van der Waals surface area contributed by atoms with Gasteiger partial charge in [-0.2, -0.15) is 0 Å². The second-order valence-corrected chi connectivity index (χ2v) is 5.96. The van der Waals surface area contributed by atoms with E-state index in [4.69, 9.17) is 0 Å². The van der Waals surface area contributed by atoms with E-state index in [-0.39, 0.29) is 0 Å². The van der Waals surface area contributed by atoms with Crippen LogP contribution in [0.15, 0.2) is 12.4 Å². The van der Waals surface area contributed by atoms with Gasteiger partial charge in [-0.05, 0) is 59.6 Å². The molecule has 0 spiro atoms. The Bertz CT molecular complexity index is 355. The van der Waals surface area contributed by atoms with Gasteiger partial charge in [-0.1, -0.05) is 0 Å². The molecule has 0 bridgehead atoms. The van der Waals surface area contributed by atoms with Crippen LogP contribution in [0.2, 0.25) is 0 Å². The maximum absolute atomic E-state index is 4.26. The Morgan fingerprint density at radius 2 is 2.00 bits per heavy atom. The van der Waals surface area contributed by atoms with Crippen molar-refractivity contribution in [1.82, 2.24) is 9.97 Å². The summed E-state index contributed by atoms with van der Waals surface area (Å²) in [7, 11) is 0. The second-order valence-electron chi connectivity index (χ2n) is 4.72. The van der Waals surface area contributed by atoms with E-state index in [0.29, 0.717) is 5.41 Å². The van der Waals surface area contributed by atoms with Gasteiger partial charge in [0, 0.05) is 22.5 Å². The number of anilines is 1. The number of nitrogens with one attached hydrogen (secondary N) is 1. The highest BCUT2D eigenvalue weighted by Gasteiger charge is 2.53. The molecule has 0 radical (unpaired) electrons. The van der Waals surface area contributed by atoms with Crippen LogP contribution >= 0.6 is 22.6 Å². The van der Waals surface area contributed by atoms with Crippen molar-refractivity contribution in [3.63, 3.8) is 0 Å². The molecule has 2 fully saturated rings. The standard InChI is InChI=1S/C11H14IN3/c12-9-5-13-10(14-6-9)15-7-11(3-4-11)8-1-2-8/h5-6,8H,1-4,7H2,(H,13,14,15). The molecule has 1 heterocycles. The van der Waals surface area contributed by atoms with Crippen molar-refractivity contribution in [3.05, 3.63) is 16.0 Å². The maximum Gasteiger partial charge on any atom is 0.222 e. The predicted molar refractivity (Wildman–Crippen MR) is 67.6 cm³/mol. The fourth-order valence-corrected chi connectivity index (χ4v) is 2.52. The highest BCUT2D eigenvalue weighted by Crippen LogP contribution is 2.61. The number of hydrogen-bond donors (Lipinski definition) is 1. The van der Waals surface area contributed by atoms with Crippen LogP contribution < -0.4 is 5.32 Å². The van der Waals surface area contributed by atoms with Gasteiger partial charge in [0.1, 0.15) is 0 Å². The van der Waals surface area contributed by atoms with Crippen LogP contribution in [0.4, 0.5) is 5.95 Å². The first-order valence-electron chi connectivity index (χ1n) is 5.50. The van der Waals surface area contributed by atoms with Gasteiger partial charge in [0.25, 0.3) is 0 Å². The lowest BCUT2D eigenvalue weighted by Gasteiger charge is -2.14. The lowest BCUT2D eigenvalue weighted by atomic mass is 10.0. The van der Waals surface area contributed by atoms with Crippen LogP contribution in [-0.2, 0) is 0 Å². The predicted octanol–water partition coefficient (Wildman–Crippen LogP) is 2.68. The second kappa shape index (κ2) is 3.57. The quantitative estimate of drug-likeness (QED) is 0.868. The third-order valence-electron chi connectivity index (χ3n) is 3.55. The zero-order valence-electron chi connectivity index (χ0n) is 8.54. The number of rotatable bonds is 4. The average Bonchev–Trinajstić information content (AvgIpc) is 3.10. The highest BCUT2D eigenvalue weighted by atomic mass is 127. The van der Waals surface area contributed by atoms with Gasteiger partial charge in [-0.3, -0.25) is 0 Å². The van der Waals surface area contributed by atoms with Crippen molar-refractivity contribution in [2.45, 2.75) is 25.7 Å². The molecule has 1 N–H and O–H groups in total. The van der Waals surface area contributed by atoms with Crippen LogP contribution in [0.25, 0.3) is 0 Å². The minimum Gasteiger partial charge on any atom is -0.354 e. The summed E-state index contributed by atoms with van der Waals surface area (Å²) in [4.78, 5) is 8.52. The number of halogens is 1. The molecule has 0 atom stereocenters. The Balaban J connectivity index is 1.59. The molecule has 4 heteroatoms. The van der Waals surface area contributed by atoms with Crippen LogP contribution in [0.1, 0.15) is 25.7 Å². The minimum absolute atomic E-state index is 0.617. The van der Waals surface area contributed by atoms with E-state index in [0.717, 1.165) is 22.0 Å². The molecule has 2 aliphatic carbocycles. The first-order chi connectivity index (χ1) is 7.28. The molecule has 2 saturated carbocycles. The Morgan fingerprint density at radius 3 is 2.53 bits per heavy atom. The molecule has 0 saturated heterocycles. The molecular weight excluding hydrogens is 301 g/mol. The monoisotopic (exact) mass is 315 g/mol. The zero-order chi connectivity index (χ0) is 10.3. The minimum atomic E-state index is 0.617. The summed E-state index contributed by atoms with van der Waals surface area (Å²) in [5.74, 6) is 1.77. The summed E-state index contributed by atoms with van der Waals surface area (Å²) >= 11 is 2.22. The lowest BCUT2D eigenvalue weighted by Crippen LogP contribution is -2.18.